The number of hydrogen-bond acceptors (Lipinski definition) is 16. The number of carbonyl (C=O) groups excluding carboxylic acids is 4. The molecule has 0 spiro atoms. The molecule has 8 atom stereocenters. The fourth-order valence-electron chi connectivity index (χ4n) is 8.08. The number of fused-ring (bicyclic) bond motifs is 6. The van der Waals surface area contributed by atoms with Crippen LogP contribution in [0.1, 0.15) is 68.8 Å². The Hall–Kier alpha value is -4.04. The number of nitrogens with zero attached hydrogens (tertiary/aromatic N) is 1. The van der Waals surface area contributed by atoms with Crippen molar-refractivity contribution in [3.8, 4) is 17.2 Å². The molecule has 5 aliphatic rings. The SMILES string of the molecule is CNC(=O)COCOCC(=O)[C@]1(O)Cc2c(O)c3c(c(O)c2[C@@H](O[C@H]2C[C@H]4[C@H](O[C@@H]5[C@@H](OC)OCCN54)[C@H](C)O2)C1)C(=O)c1c(OC)cccc1C3=O. The van der Waals surface area contributed by atoms with E-state index in [1.165, 1.54) is 39.5 Å². The first kappa shape index (κ1) is 37.3. The van der Waals surface area contributed by atoms with E-state index in [4.69, 9.17) is 37.9 Å². The van der Waals surface area contributed by atoms with Crippen LogP contribution in [0.15, 0.2) is 18.2 Å². The van der Waals surface area contributed by atoms with Crippen LogP contribution in [0.25, 0.3) is 0 Å². The van der Waals surface area contributed by atoms with Crippen molar-refractivity contribution in [3.05, 3.63) is 51.6 Å². The fourth-order valence-corrected chi connectivity index (χ4v) is 8.08. The Kier molecular flexibility index (Phi) is 10.3. The highest BCUT2D eigenvalue weighted by molar-refractivity contribution is 6.31. The minimum Gasteiger partial charge on any atom is -0.507 e. The molecule has 0 aromatic heterocycles. The van der Waals surface area contributed by atoms with E-state index in [1.807, 2.05) is 6.92 Å². The molecule has 0 unspecified atom stereocenters. The van der Waals surface area contributed by atoms with Crippen LogP contribution in [0.4, 0.5) is 0 Å². The fraction of sp³-hybridized carbons (Fsp3) is 0.556. The van der Waals surface area contributed by atoms with Crippen LogP contribution < -0.4 is 10.1 Å². The van der Waals surface area contributed by atoms with Gasteiger partial charge in [-0.2, -0.15) is 0 Å². The van der Waals surface area contributed by atoms with E-state index in [2.05, 4.69) is 10.2 Å². The first-order chi connectivity index (χ1) is 25.4. The molecule has 2 aromatic carbocycles. The summed E-state index contributed by atoms with van der Waals surface area (Å²) in [5.41, 5.74) is -3.53. The summed E-state index contributed by atoms with van der Waals surface area (Å²) >= 11 is 0. The summed E-state index contributed by atoms with van der Waals surface area (Å²) in [7, 11) is 4.31. The van der Waals surface area contributed by atoms with Gasteiger partial charge in [0.25, 0.3) is 0 Å². The van der Waals surface area contributed by atoms with Crippen molar-refractivity contribution in [1.29, 1.82) is 0 Å². The number of likely N-dealkylation sites (N-methyl/N-ethyl adjacent to an activating group) is 1. The van der Waals surface area contributed by atoms with Gasteiger partial charge in [0.2, 0.25) is 11.7 Å². The monoisotopic (exact) mass is 742 g/mol. The van der Waals surface area contributed by atoms with Crippen LogP contribution in [-0.4, -0.2) is 141 Å². The zero-order valence-electron chi connectivity index (χ0n) is 29.6. The highest BCUT2D eigenvalue weighted by Crippen LogP contribution is 2.53. The third kappa shape index (κ3) is 6.39. The third-order valence-electron chi connectivity index (χ3n) is 10.6. The van der Waals surface area contributed by atoms with Gasteiger partial charge >= 0.3 is 0 Å². The normalized spacial score (nSPS) is 30.5. The van der Waals surface area contributed by atoms with Gasteiger partial charge in [-0.3, -0.25) is 24.1 Å². The number of hydrogen-bond donors (Lipinski definition) is 4. The Morgan fingerprint density at radius 2 is 1.79 bits per heavy atom. The summed E-state index contributed by atoms with van der Waals surface area (Å²) in [6.45, 7) is 1.39. The quantitative estimate of drug-likeness (QED) is 0.119. The Morgan fingerprint density at radius 3 is 2.53 bits per heavy atom. The predicted molar refractivity (Wildman–Crippen MR) is 177 cm³/mol. The number of Topliss-reactive ketones (excluding diaryl/α,β-unsaturated/α-hetero) is 1. The second-order valence-electron chi connectivity index (χ2n) is 13.6. The van der Waals surface area contributed by atoms with Crippen LogP contribution >= 0.6 is 0 Å². The van der Waals surface area contributed by atoms with E-state index >= 15 is 0 Å². The summed E-state index contributed by atoms with van der Waals surface area (Å²) in [6, 6.07) is 4.23. The van der Waals surface area contributed by atoms with Crippen LogP contribution in [0.2, 0.25) is 0 Å². The minimum absolute atomic E-state index is 0.0494. The summed E-state index contributed by atoms with van der Waals surface area (Å²) < 4.78 is 46.1. The lowest BCUT2D eigenvalue weighted by Gasteiger charge is -2.43. The number of benzene rings is 2. The van der Waals surface area contributed by atoms with E-state index in [0.717, 1.165) is 0 Å². The summed E-state index contributed by atoms with van der Waals surface area (Å²) in [6.07, 6.45) is -5.00. The number of nitrogens with one attached hydrogen (secondary N) is 1. The maximum atomic E-state index is 14.0. The minimum atomic E-state index is -2.25. The van der Waals surface area contributed by atoms with E-state index in [9.17, 15) is 34.5 Å². The van der Waals surface area contributed by atoms with Gasteiger partial charge in [0, 0.05) is 62.7 Å². The van der Waals surface area contributed by atoms with E-state index in [-0.39, 0.29) is 53.2 Å². The molecule has 2 aromatic rings. The standard InChI is InChI=1S/C36H42N2O15/c1-16-33-19(38-8-9-50-35(47-4)34(38)53-33)10-24(51-16)52-21-12-36(45,22(39)13-48-15-49-14-23(40)37-2)11-18-26(21)32(44)28-27(30(18)42)29(41)17-6-5-7-20(46-3)25(17)31(28)43/h5-7,16,19,21,24,33-35,42,44-45H,8-15H2,1-4H3,(H,37,40)/t16-,19-,21-,24-,33+,34+,35-,36-/m0/s1. The van der Waals surface area contributed by atoms with Crippen molar-refractivity contribution >= 4 is 23.3 Å². The molecule has 7 rings (SSSR count). The number of ketones is 3. The van der Waals surface area contributed by atoms with E-state index in [0.29, 0.717) is 13.2 Å². The number of amides is 1. The first-order valence-corrected chi connectivity index (χ1v) is 17.3. The zero-order valence-corrected chi connectivity index (χ0v) is 29.6. The summed E-state index contributed by atoms with van der Waals surface area (Å²) in [5.74, 6) is -3.97. The largest absolute Gasteiger partial charge is 0.507 e. The Balaban J connectivity index is 1.24. The maximum Gasteiger partial charge on any atom is 0.245 e. The molecule has 0 saturated carbocycles. The van der Waals surface area contributed by atoms with Crippen molar-refractivity contribution in [1.82, 2.24) is 10.2 Å². The maximum absolute atomic E-state index is 14.0. The molecule has 3 heterocycles. The second-order valence-corrected chi connectivity index (χ2v) is 13.6. The number of carbonyl (C=O) groups is 4. The number of aliphatic hydroxyl groups is 1. The molecule has 1 amide bonds. The lowest BCUT2D eigenvalue weighted by Crippen LogP contribution is -2.55. The van der Waals surface area contributed by atoms with Crippen molar-refractivity contribution in [3.63, 3.8) is 0 Å². The van der Waals surface area contributed by atoms with Gasteiger partial charge < -0.3 is 58.5 Å². The van der Waals surface area contributed by atoms with Crippen LogP contribution in [-0.2, 0) is 49.2 Å². The average Bonchev–Trinajstić information content (AvgIpc) is 3.53. The number of morpholine rings is 1. The van der Waals surface area contributed by atoms with E-state index < -0.39 is 109 Å². The van der Waals surface area contributed by atoms with Crippen LogP contribution in [0.3, 0.4) is 0 Å². The van der Waals surface area contributed by atoms with Crippen molar-refractivity contribution in [2.24, 2.45) is 0 Å². The van der Waals surface area contributed by atoms with Crippen molar-refractivity contribution < 1.29 is 72.4 Å². The molecule has 17 nitrogen and oxygen atoms in total. The van der Waals surface area contributed by atoms with Gasteiger partial charge in [0.05, 0.1) is 42.6 Å². The van der Waals surface area contributed by atoms with Gasteiger partial charge in [-0.05, 0) is 13.0 Å². The van der Waals surface area contributed by atoms with Gasteiger partial charge in [-0.15, -0.1) is 0 Å². The molecule has 53 heavy (non-hydrogen) atoms. The summed E-state index contributed by atoms with van der Waals surface area (Å²) in [4.78, 5) is 55.2. The van der Waals surface area contributed by atoms with Gasteiger partial charge in [-0.1, -0.05) is 12.1 Å². The van der Waals surface area contributed by atoms with Crippen LogP contribution in [0, 0.1) is 0 Å². The molecule has 286 valence electrons. The Bertz CT molecular complexity index is 1820. The highest BCUT2D eigenvalue weighted by Gasteiger charge is 2.55. The third-order valence-corrected chi connectivity index (χ3v) is 10.6. The topological polar surface area (TPSA) is 218 Å². The number of phenolic OH excluding ortho intramolecular Hbond substituents is 2. The first-order valence-electron chi connectivity index (χ1n) is 17.3. The molecular weight excluding hydrogens is 700 g/mol. The number of methoxy groups -OCH3 is 2. The van der Waals surface area contributed by atoms with Gasteiger partial charge in [0.1, 0.15) is 49.0 Å². The lowest BCUT2D eigenvalue weighted by atomic mass is 9.72. The molecule has 3 saturated heterocycles. The highest BCUT2D eigenvalue weighted by atomic mass is 16.7. The predicted octanol–water partition coefficient (Wildman–Crippen LogP) is 0.456. The Morgan fingerprint density at radius 1 is 1.04 bits per heavy atom. The number of phenols is 2. The number of aromatic hydroxyl groups is 2. The molecule has 4 N–H and O–H groups in total. The molecule has 0 bridgehead atoms. The molecule has 0 radical (unpaired) electrons. The lowest BCUT2D eigenvalue weighted by molar-refractivity contribution is -0.256. The average molecular weight is 743 g/mol. The van der Waals surface area contributed by atoms with Gasteiger partial charge in [0.15, 0.2) is 30.4 Å². The molecule has 3 aliphatic heterocycles. The van der Waals surface area contributed by atoms with Crippen molar-refractivity contribution in [2.75, 3.05) is 54.4 Å². The second kappa shape index (κ2) is 14.7. The summed E-state index contributed by atoms with van der Waals surface area (Å²) in [5, 5.41) is 38.1. The molecule has 2 aliphatic carbocycles. The Labute approximate surface area is 303 Å². The molecule has 3 fully saturated rings. The number of rotatable bonds is 11. The zero-order chi connectivity index (χ0) is 37.8. The molecular formula is C36H42N2O15. The smallest absolute Gasteiger partial charge is 0.245 e. The van der Waals surface area contributed by atoms with E-state index in [1.54, 1.807) is 0 Å². The van der Waals surface area contributed by atoms with Crippen molar-refractivity contribution in [2.45, 2.75) is 74.9 Å². The molecule has 17 heteroatoms. The number of ether oxygens (including phenoxy) is 8. The van der Waals surface area contributed by atoms with Gasteiger partial charge in [-0.25, -0.2) is 0 Å². The van der Waals surface area contributed by atoms with Crippen LogP contribution in [0.5, 0.6) is 17.2 Å².